The van der Waals surface area contributed by atoms with E-state index in [1.807, 2.05) is 0 Å². The lowest BCUT2D eigenvalue weighted by Gasteiger charge is -1.93. The minimum Gasteiger partial charge on any atom is -0.330 e. The smallest absolute Gasteiger partial charge is 0.0434 e. The third-order valence-electron chi connectivity index (χ3n) is 0.243. The van der Waals surface area contributed by atoms with Gasteiger partial charge in [-0.3, -0.25) is 0 Å². The van der Waals surface area contributed by atoms with Crippen LogP contribution in [0, 0.1) is 0 Å². The van der Waals surface area contributed by atoms with Crippen molar-refractivity contribution in [1.82, 2.24) is 0 Å². The molecule has 0 amide bonds. The van der Waals surface area contributed by atoms with Crippen LogP contribution in [0.4, 0.5) is 0 Å². The van der Waals surface area contributed by atoms with E-state index >= 15 is 0 Å². The Balaban J connectivity index is -0.00000112. The van der Waals surface area contributed by atoms with Gasteiger partial charge >= 0.3 is 0 Å². The molecular formula is C4H14Cl2N2S2. The van der Waals surface area contributed by atoms with Gasteiger partial charge in [-0.1, -0.05) is 21.6 Å². The molecule has 0 aliphatic heterocycles. The zero-order valence-electron chi connectivity index (χ0n) is 12.8. The Hall–Kier alpha value is 1.20. The molecule has 0 rings (SSSR count). The predicted octanol–water partition coefficient (Wildman–Crippen LogP) is 1.13. The molecule has 0 aromatic heterocycles. The second kappa shape index (κ2) is 16.7. The zero-order chi connectivity index (χ0) is 13.4. The third-order valence-corrected chi connectivity index (χ3v) is 1.48. The molecule has 2 nitrogen and oxygen atoms in total. The number of nitrogens with two attached hydrogens (primary N) is 2. The maximum atomic E-state index is 7.24. The van der Waals surface area contributed by atoms with Gasteiger partial charge in [-0.25, -0.2) is 0 Å². The summed E-state index contributed by atoms with van der Waals surface area (Å²) in [4.78, 5) is 0. The fourth-order valence-corrected chi connectivity index (χ4v) is 0.808. The van der Waals surface area contributed by atoms with E-state index in [1.165, 1.54) is 0 Å². The average Bonchev–Trinajstić information content (AvgIpc) is 1.97. The van der Waals surface area contributed by atoms with E-state index in [1.54, 1.807) is 0 Å². The molecule has 0 heterocycles. The standard InChI is InChI=1S/C4H12N2S2.2ClH/c5-1-3-7-8-4-2-6;;/h1-6H2;2*1H/i1D2,2D2,3D2,4D2;;. The minimum absolute atomic E-state index is 0. The summed E-state index contributed by atoms with van der Waals surface area (Å²) < 4.78 is 56.9. The van der Waals surface area contributed by atoms with E-state index in [0.29, 0.717) is 0 Å². The molecular weight excluding hydrogens is 211 g/mol. The summed E-state index contributed by atoms with van der Waals surface area (Å²) in [5.74, 6) is 0. The van der Waals surface area contributed by atoms with Crippen LogP contribution in [0.2, 0.25) is 0 Å². The van der Waals surface area contributed by atoms with E-state index in [9.17, 15) is 0 Å². The molecule has 66 valence electrons. The SMILES string of the molecule is Cl.Cl.[2H]C([2H])(N)C([2H])([2H])SSC([2H])([2H])C([2H])([2H])N. The summed E-state index contributed by atoms with van der Waals surface area (Å²) in [6.45, 7) is -5.33. The Morgan fingerprint density at radius 1 is 1.00 bits per heavy atom. The molecule has 0 aromatic rings. The highest BCUT2D eigenvalue weighted by molar-refractivity contribution is 8.76. The predicted molar refractivity (Wildman–Crippen MR) is 57.5 cm³/mol. The van der Waals surface area contributed by atoms with Gasteiger partial charge in [0.05, 0.1) is 0 Å². The Labute approximate surface area is 93.7 Å². The van der Waals surface area contributed by atoms with Crippen LogP contribution in [0.25, 0.3) is 0 Å². The molecule has 0 atom stereocenters. The minimum atomic E-state index is -2.66. The van der Waals surface area contributed by atoms with Crippen molar-refractivity contribution in [2.24, 2.45) is 11.5 Å². The van der Waals surface area contributed by atoms with Crippen LogP contribution in [-0.4, -0.2) is 24.4 Å². The van der Waals surface area contributed by atoms with Crippen molar-refractivity contribution in [3.8, 4) is 0 Å². The van der Waals surface area contributed by atoms with Gasteiger partial charge in [0.2, 0.25) is 0 Å². The molecule has 0 radical (unpaired) electrons. The normalized spacial score (nSPS) is 25.4. The van der Waals surface area contributed by atoms with E-state index in [2.05, 4.69) is 0 Å². The topological polar surface area (TPSA) is 52.0 Å². The summed E-state index contributed by atoms with van der Waals surface area (Å²) in [6, 6.07) is 0. The second-order valence-corrected chi connectivity index (χ2v) is 2.40. The molecule has 0 unspecified atom stereocenters. The van der Waals surface area contributed by atoms with Crippen molar-refractivity contribution in [3.63, 3.8) is 0 Å². The molecule has 0 spiro atoms. The molecule has 0 saturated carbocycles. The third kappa shape index (κ3) is 16.1. The number of rotatable bonds is 5. The van der Waals surface area contributed by atoms with E-state index in [4.69, 9.17) is 22.4 Å². The first-order valence-corrected chi connectivity index (χ1v) is 3.80. The van der Waals surface area contributed by atoms with Gasteiger partial charge in [-0.05, 0) is 0 Å². The highest BCUT2D eigenvalue weighted by Gasteiger charge is 1.84. The van der Waals surface area contributed by atoms with Crippen molar-refractivity contribution in [2.75, 3.05) is 24.4 Å². The molecule has 0 aliphatic carbocycles. The average molecular weight is 233 g/mol. The fourth-order valence-electron chi connectivity index (χ4n) is 0.0898. The van der Waals surface area contributed by atoms with Crippen LogP contribution >= 0.6 is 46.4 Å². The van der Waals surface area contributed by atoms with Crippen molar-refractivity contribution in [2.45, 2.75) is 0 Å². The first-order valence-electron chi connectivity index (χ1n) is 5.65. The molecule has 0 bridgehead atoms. The highest BCUT2D eigenvalue weighted by atomic mass is 35.5. The Morgan fingerprint density at radius 2 is 1.30 bits per heavy atom. The monoisotopic (exact) mass is 232 g/mol. The second-order valence-electron chi connectivity index (χ2n) is 0.659. The van der Waals surface area contributed by atoms with Crippen molar-refractivity contribution < 1.29 is 11.0 Å². The van der Waals surface area contributed by atoms with Gasteiger partial charge in [0, 0.05) is 35.4 Å². The lowest BCUT2D eigenvalue weighted by molar-refractivity contribution is 1.15. The summed E-state index contributed by atoms with van der Waals surface area (Å²) in [7, 11) is 0.349. The number of hydrogen-bond donors (Lipinski definition) is 2. The van der Waals surface area contributed by atoms with Gasteiger partial charge in [-0.2, -0.15) is 0 Å². The Morgan fingerprint density at radius 3 is 1.50 bits per heavy atom. The van der Waals surface area contributed by atoms with Gasteiger partial charge in [0.25, 0.3) is 0 Å². The van der Waals surface area contributed by atoms with Crippen LogP contribution < -0.4 is 11.5 Å². The summed E-state index contributed by atoms with van der Waals surface area (Å²) in [5.41, 5.74) is 4.74. The summed E-state index contributed by atoms with van der Waals surface area (Å²) in [5, 5.41) is 0. The summed E-state index contributed by atoms with van der Waals surface area (Å²) >= 11 is 0. The lowest BCUT2D eigenvalue weighted by Crippen LogP contribution is -2.02. The first-order chi connectivity index (χ1) is 6.71. The molecule has 0 aliphatic rings. The van der Waals surface area contributed by atoms with Crippen molar-refractivity contribution in [1.29, 1.82) is 0 Å². The van der Waals surface area contributed by atoms with Gasteiger partial charge in [-0.15, -0.1) is 24.8 Å². The maximum absolute atomic E-state index is 7.24. The van der Waals surface area contributed by atoms with E-state index < -0.39 is 24.4 Å². The van der Waals surface area contributed by atoms with E-state index in [-0.39, 0.29) is 46.4 Å². The van der Waals surface area contributed by atoms with Crippen LogP contribution in [0.15, 0.2) is 0 Å². The molecule has 0 saturated heterocycles. The highest BCUT2D eigenvalue weighted by Crippen LogP contribution is 2.18. The van der Waals surface area contributed by atoms with Crippen LogP contribution in [0.1, 0.15) is 11.0 Å². The maximum Gasteiger partial charge on any atom is 0.0434 e. The van der Waals surface area contributed by atoms with Crippen molar-refractivity contribution in [3.05, 3.63) is 0 Å². The number of hydrogen-bond acceptors (Lipinski definition) is 4. The Bertz CT molecular complexity index is 228. The quantitative estimate of drug-likeness (QED) is 0.699. The molecule has 10 heavy (non-hydrogen) atoms. The Kier molecular flexibility index (Phi) is 7.39. The van der Waals surface area contributed by atoms with Crippen LogP contribution in [-0.2, 0) is 0 Å². The largest absolute Gasteiger partial charge is 0.330 e. The molecule has 6 heteroatoms. The van der Waals surface area contributed by atoms with Gasteiger partial charge in [0.1, 0.15) is 0 Å². The summed E-state index contributed by atoms with van der Waals surface area (Å²) in [6.07, 6.45) is 0. The fraction of sp³-hybridized carbons (Fsp3) is 1.00. The zero-order valence-corrected chi connectivity index (χ0v) is 8.05. The molecule has 4 N–H and O–H groups in total. The first kappa shape index (κ1) is 4.44. The van der Waals surface area contributed by atoms with Crippen LogP contribution in [0.3, 0.4) is 0 Å². The lowest BCUT2D eigenvalue weighted by atomic mass is 10.8. The van der Waals surface area contributed by atoms with Gasteiger partial charge < -0.3 is 11.5 Å². The molecule has 0 aromatic carbocycles. The number of halogens is 2. The molecule has 0 fully saturated rings. The van der Waals surface area contributed by atoms with Crippen molar-refractivity contribution >= 4 is 46.4 Å². The van der Waals surface area contributed by atoms with E-state index in [0.717, 1.165) is 0 Å². The van der Waals surface area contributed by atoms with Crippen LogP contribution in [0.5, 0.6) is 0 Å². The van der Waals surface area contributed by atoms with Gasteiger partial charge in [0.15, 0.2) is 0 Å².